The van der Waals surface area contributed by atoms with Crippen molar-refractivity contribution in [1.82, 2.24) is 0 Å². The van der Waals surface area contributed by atoms with E-state index in [9.17, 15) is 20.4 Å². The Morgan fingerprint density at radius 3 is 0.841 bits per heavy atom. The van der Waals surface area contributed by atoms with E-state index in [-0.39, 0.29) is 26.4 Å². The van der Waals surface area contributed by atoms with Crippen molar-refractivity contribution in [2.75, 3.05) is 14.2 Å². The highest BCUT2D eigenvalue weighted by molar-refractivity contribution is 5.87. The molecule has 2 aromatic carbocycles. The van der Waals surface area contributed by atoms with Gasteiger partial charge in [0.1, 0.15) is 11.5 Å². The van der Waals surface area contributed by atoms with E-state index < -0.39 is 0 Å². The molecule has 4 aliphatic rings. The van der Waals surface area contributed by atoms with Gasteiger partial charge < -0.3 is 29.9 Å². The number of aliphatic hydroxyl groups is 4. The summed E-state index contributed by atoms with van der Waals surface area (Å²) >= 11 is 0. The molecule has 44 heavy (non-hydrogen) atoms. The predicted octanol–water partition coefficient (Wildman–Crippen LogP) is 7.78. The standard InChI is InChI=1S/C38H58O6/c1-43-37-29-21-17-13-9-5-3-7-11-15-19-27(31(23-39)33(29)25-41)35(37)36-28-20-16-12-8-4-6-10-14-18-22-30(38(36)44-2)34(26-42)32(28)24-40/h39-42H,3-26H2,1-2H3. The second-order valence-corrected chi connectivity index (χ2v) is 12.9. The highest BCUT2D eigenvalue weighted by Gasteiger charge is 2.31. The van der Waals surface area contributed by atoms with Crippen LogP contribution in [-0.4, -0.2) is 34.6 Å². The second-order valence-electron chi connectivity index (χ2n) is 12.9. The molecule has 246 valence electrons. The zero-order valence-electron chi connectivity index (χ0n) is 27.6. The zero-order chi connectivity index (χ0) is 31.3. The molecule has 6 rings (SSSR count). The van der Waals surface area contributed by atoms with Crippen molar-refractivity contribution in [3.63, 3.8) is 0 Å². The van der Waals surface area contributed by atoms with Gasteiger partial charge in [-0.3, -0.25) is 0 Å². The quantitative estimate of drug-likeness (QED) is 0.256. The van der Waals surface area contributed by atoms with E-state index in [1.807, 2.05) is 0 Å². The first kappa shape index (κ1) is 34.7. The highest BCUT2D eigenvalue weighted by atomic mass is 16.5. The maximum absolute atomic E-state index is 10.9. The molecule has 0 unspecified atom stereocenters. The average Bonchev–Trinajstić information content (AvgIpc) is 3.04. The van der Waals surface area contributed by atoms with Crippen LogP contribution in [0.15, 0.2) is 0 Å². The smallest absolute Gasteiger partial charge is 0.130 e. The van der Waals surface area contributed by atoms with Gasteiger partial charge in [0.25, 0.3) is 0 Å². The molecule has 0 heterocycles. The van der Waals surface area contributed by atoms with E-state index in [2.05, 4.69) is 0 Å². The monoisotopic (exact) mass is 610 g/mol. The molecule has 0 aromatic heterocycles. The number of hydrogen-bond donors (Lipinski definition) is 4. The first-order chi connectivity index (χ1) is 21.7. The lowest BCUT2D eigenvalue weighted by atomic mass is 9.78. The number of aliphatic hydroxyl groups excluding tert-OH is 4. The number of rotatable bonds is 7. The minimum atomic E-state index is -0.151. The Kier molecular flexibility index (Phi) is 14.3. The van der Waals surface area contributed by atoms with Gasteiger partial charge in [0.15, 0.2) is 0 Å². The lowest BCUT2D eigenvalue weighted by Crippen LogP contribution is -2.15. The largest absolute Gasteiger partial charge is 0.496 e. The van der Waals surface area contributed by atoms with Crippen molar-refractivity contribution in [3.05, 3.63) is 44.5 Å². The van der Waals surface area contributed by atoms with E-state index >= 15 is 0 Å². The maximum atomic E-state index is 10.9. The SMILES string of the molecule is COc1c2c(CO)c(CO)c(c1-c1c3c(CO)c(CO)c(c1OC)CCCCCCCCCC3)CCCCCCCCCC2. The third-order valence-electron chi connectivity index (χ3n) is 10.3. The van der Waals surface area contributed by atoms with E-state index in [4.69, 9.17) is 9.47 Å². The van der Waals surface area contributed by atoms with Gasteiger partial charge >= 0.3 is 0 Å². The van der Waals surface area contributed by atoms with Crippen molar-refractivity contribution < 1.29 is 29.9 Å². The summed E-state index contributed by atoms with van der Waals surface area (Å²) in [5.41, 5.74) is 9.18. The van der Waals surface area contributed by atoms with Gasteiger partial charge in [0, 0.05) is 22.3 Å². The van der Waals surface area contributed by atoms with Gasteiger partial charge in [-0.05, 0) is 84.7 Å². The molecule has 0 aliphatic heterocycles. The van der Waals surface area contributed by atoms with Crippen LogP contribution in [0.2, 0.25) is 0 Å². The van der Waals surface area contributed by atoms with Crippen LogP contribution in [0.25, 0.3) is 11.1 Å². The molecule has 4 bridgehead atoms. The molecular weight excluding hydrogens is 552 g/mol. The van der Waals surface area contributed by atoms with Gasteiger partial charge in [0.2, 0.25) is 0 Å². The third-order valence-corrected chi connectivity index (χ3v) is 10.3. The summed E-state index contributed by atoms with van der Waals surface area (Å²) in [6.07, 6.45) is 21.4. The maximum Gasteiger partial charge on any atom is 0.130 e. The van der Waals surface area contributed by atoms with Gasteiger partial charge in [-0.2, -0.15) is 0 Å². The Bertz CT molecular complexity index is 1110. The minimum Gasteiger partial charge on any atom is -0.496 e. The fourth-order valence-corrected chi connectivity index (χ4v) is 8.03. The Labute approximate surface area is 265 Å². The summed E-state index contributed by atoms with van der Waals surface area (Å²) in [6.45, 7) is -0.590. The molecule has 2 aromatic rings. The van der Waals surface area contributed by atoms with Crippen LogP contribution >= 0.6 is 0 Å². The summed E-state index contributed by atoms with van der Waals surface area (Å²) in [7, 11) is 3.45. The summed E-state index contributed by atoms with van der Waals surface area (Å²) in [5, 5.41) is 43.3. The summed E-state index contributed by atoms with van der Waals surface area (Å²) < 4.78 is 12.7. The number of methoxy groups -OCH3 is 2. The Morgan fingerprint density at radius 2 is 0.591 bits per heavy atom. The number of hydrogen-bond acceptors (Lipinski definition) is 6. The van der Waals surface area contributed by atoms with Crippen molar-refractivity contribution in [3.8, 4) is 22.6 Å². The molecule has 0 spiro atoms. The molecule has 4 N–H and O–H groups in total. The molecule has 0 saturated heterocycles. The topological polar surface area (TPSA) is 99.4 Å². The Hall–Kier alpha value is -2.12. The third kappa shape index (κ3) is 7.81. The van der Waals surface area contributed by atoms with Crippen LogP contribution in [0.4, 0.5) is 0 Å². The Morgan fingerprint density at radius 1 is 0.364 bits per heavy atom. The minimum absolute atomic E-state index is 0.143. The van der Waals surface area contributed by atoms with E-state index in [1.165, 1.54) is 51.4 Å². The van der Waals surface area contributed by atoms with Gasteiger partial charge in [-0.15, -0.1) is 0 Å². The van der Waals surface area contributed by atoms with Crippen LogP contribution in [0.1, 0.15) is 147 Å². The second kappa shape index (κ2) is 18.1. The molecule has 6 nitrogen and oxygen atoms in total. The zero-order valence-corrected chi connectivity index (χ0v) is 27.6. The molecule has 0 atom stereocenters. The van der Waals surface area contributed by atoms with Crippen molar-refractivity contribution >= 4 is 0 Å². The molecule has 0 fully saturated rings. The number of ether oxygens (including phenoxy) is 2. The molecular formula is C38H58O6. The fourth-order valence-electron chi connectivity index (χ4n) is 8.03. The van der Waals surface area contributed by atoms with Crippen molar-refractivity contribution in [2.45, 2.75) is 155 Å². The van der Waals surface area contributed by atoms with Crippen molar-refractivity contribution in [2.24, 2.45) is 0 Å². The first-order valence-corrected chi connectivity index (χ1v) is 17.6. The van der Waals surface area contributed by atoms with E-state index in [0.717, 1.165) is 144 Å². The van der Waals surface area contributed by atoms with Crippen LogP contribution < -0.4 is 9.47 Å². The lowest BCUT2D eigenvalue weighted by molar-refractivity contribution is 0.256. The van der Waals surface area contributed by atoms with Crippen LogP contribution in [-0.2, 0) is 52.1 Å². The molecule has 0 amide bonds. The number of fused-ring (bicyclic) bond motifs is 23. The summed E-state index contributed by atoms with van der Waals surface area (Å²) in [6, 6.07) is 0. The molecule has 4 aliphatic carbocycles. The molecule has 0 saturated carbocycles. The highest BCUT2D eigenvalue weighted by Crippen LogP contribution is 2.51. The summed E-state index contributed by atoms with van der Waals surface area (Å²) in [5.74, 6) is 1.54. The molecule has 0 radical (unpaired) electrons. The fraction of sp³-hybridized carbons (Fsp3) is 0.684. The number of benzene rings is 2. The lowest BCUT2D eigenvalue weighted by Gasteiger charge is -2.30. The van der Waals surface area contributed by atoms with E-state index in [0.29, 0.717) is 0 Å². The van der Waals surface area contributed by atoms with Gasteiger partial charge in [0.05, 0.1) is 40.6 Å². The summed E-state index contributed by atoms with van der Waals surface area (Å²) in [4.78, 5) is 0. The van der Waals surface area contributed by atoms with Gasteiger partial charge in [-0.25, -0.2) is 0 Å². The predicted molar refractivity (Wildman–Crippen MR) is 177 cm³/mol. The molecule has 6 heteroatoms. The van der Waals surface area contributed by atoms with Crippen LogP contribution in [0, 0.1) is 0 Å². The normalized spacial score (nSPS) is 17.7. The van der Waals surface area contributed by atoms with Crippen LogP contribution in [0.5, 0.6) is 11.5 Å². The van der Waals surface area contributed by atoms with Crippen LogP contribution in [0.3, 0.4) is 0 Å². The average molecular weight is 611 g/mol. The van der Waals surface area contributed by atoms with Crippen molar-refractivity contribution in [1.29, 1.82) is 0 Å². The van der Waals surface area contributed by atoms with E-state index in [1.54, 1.807) is 14.2 Å². The Balaban J connectivity index is 2.13. The van der Waals surface area contributed by atoms with Gasteiger partial charge in [-0.1, -0.05) is 77.0 Å². The first-order valence-electron chi connectivity index (χ1n) is 17.6.